The first kappa shape index (κ1) is 13.6. The van der Waals surface area contributed by atoms with E-state index in [1.807, 2.05) is 0 Å². The molecule has 0 fully saturated rings. The summed E-state index contributed by atoms with van der Waals surface area (Å²) in [5.74, 6) is 5.86. The minimum atomic E-state index is -0.232. The van der Waals surface area contributed by atoms with Gasteiger partial charge in [0.25, 0.3) is 0 Å². The minimum Gasteiger partial charge on any atom is -0.271 e. The lowest BCUT2D eigenvalue weighted by atomic mass is 9.98. The maximum Gasteiger partial charge on any atom is 0.137 e. The molecule has 2 nitrogen and oxygen atoms in total. The summed E-state index contributed by atoms with van der Waals surface area (Å²) < 4.78 is 13.5. The summed E-state index contributed by atoms with van der Waals surface area (Å²) in [5.41, 5.74) is 3.89. The topological polar surface area (TPSA) is 38.0 Å². The monoisotopic (exact) mass is 288 g/mol. The standard InChI is InChI=1S/C12H18BrFN2/c1-8(2)5-10(16-15)6-9-3-4-12(14)11(13)7-9/h3-4,7-8,10,16H,5-6,15H2,1-2H3. The van der Waals surface area contributed by atoms with Crippen LogP contribution >= 0.6 is 15.9 Å². The Labute approximate surface area is 105 Å². The van der Waals surface area contributed by atoms with E-state index in [2.05, 4.69) is 35.2 Å². The quantitative estimate of drug-likeness (QED) is 0.646. The van der Waals surface area contributed by atoms with E-state index in [4.69, 9.17) is 5.84 Å². The number of rotatable bonds is 5. The highest BCUT2D eigenvalue weighted by molar-refractivity contribution is 9.10. The normalized spacial score (nSPS) is 13.1. The molecular formula is C12H18BrFN2. The van der Waals surface area contributed by atoms with Gasteiger partial charge in [-0.25, -0.2) is 4.39 Å². The molecule has 0 aliphatic carbocycles. The molecule has 1 rings (SSSR count). The third-order valence-electron chi connectivity index (χ3n) is 2.46. The van der Waals surface area contributed by atoms with Gasteiger partial charge in [0.05, 0.1) is 4.47 Å². The summed E-state index contributed by atoms with van der Waals surface area (Å²) in [6.07, 6.45) is 1.82. The van der Waals surface area contributed by atoms with Crippen molar-refractivity contribution in [3.8, 4) is 0 Å². The number of halogens is 2. The highest BCUT2D eigenvalue weighted by Crippen LogP contribution is 2.19. The van der Waals surface area contributed by atoms with Crippen LogP contribution in [0.1, 0.15) is 25.8 Å². The molecule has 0 saturated carbocycles. The van der Waals surface area contributed by atoms with E-state index in [9.17, 15) is 4.39 Å². The van der Waals surface area contributed by atoms with Gasteiger partial charge in [-0.3, -0.25) is 11.3 Å². The van der Waals surface area contributed by atoms with Gasteiger partial charge < -0.3 is 0 Å². The smallest absolute Gasteiger partial charge is 0.137 e. The molecule has 1 unspecified atom stereocenters. The van der Waals surface area contributed by atoms with Crippen LogP contribution in [0.3, 0.4) is 0 Å². The van der Waals surface area contributed by atoms with Gasteiger partial charge in [-0.1, -0.05) is 19.9 Å². The second-order valence-electron chi connectivity index (χ2n) is 4.45. The highest BCUT2D eigenvalue weighted by Gasteiger charge is 2.10. The average molecular weight is 289 g/mol. The van der Waals surface area contributed by atoms with Gasteiger partial charge >= 0.3 is 0 Å². The van der Waals surface area contributed by atoms with Crippen molar-refractivity contribution in [2.75, 3.05) is 0 Å². The average Bonchev–Trinajstić information content (AvgIpc) is 2.22. The molecule has 1 aromatic rings. The van der Waals surface area contributed by atoms with Gasteiger partial charge in [0.15, 0.2) is 0 Å². The van der Waals surface area contributed by atoms with Crippen LogP contribution in [0, 0.1) is 11.7 Å². The van der Waals surface area contributed by atoms with Crippen LogP contribution in [0.2, 0.25) is 0 Å². The first-order valence-electron chi connectivity index (χ1n) is 5.43. The van der Waals surface area contributed by atoms with Crippen LogP contribution in [0.15, 0.2) is 22.7 Å². The third kappa shape index (κ3) is 4.20. The van der Waals surface area contributed by atoms with Crippen molar-refractivity contribution >= 4 is 15.9 Å². The first-order valence-corrected chi connectivity index (χ1v) is 6.22. The van der Waals surface area contributed by atoms with Gasteiger partial charge in [-0.05, 0) is 52.4 Å². The second-order valence-corrected chi connectivity index (χ2v) is 5.30. The van der Waals surface area contributed by atoms with Crippen molar-refractivity contribution in [1.29, 1.82) is 0 Å². The lowest BCUT2D eigenvalue weighted by molar-refractivity contribution is 0.423. The summed E-state index contributed by atoms with van der Waals surface area (Å²) in [5, 5.41) is 0. The Balaban J connectivity index is 2.66. The molecule has 4 heteroatoms. The summed E-state index contributed by atoms with van der Waals surface area (Å²) >= 11 is 3.18. The number of hydrogen-bond donors (Lipinski definition) is 2. The maximum atomic E-state index is 13.0. The predicted molar refractivity (Wildman–Crippen MR) is 68.4 cm³/mol. The molecule has 90 valence electrons. The third-order valence-corrected chi connectivity index (χ3v) is 3.07. The van der Waals surface area contributed by atoms with Crippen molar-refractivity contribution in [3.63, 3.8) is 0 Å². The Morgan fingerprint density at radius 2 is 2.12 bits per heavy atom. The van der Waals surface area contributed by atoms with Crippen molar-refractivity contribution in [3.05, 3.63) is 34.1 Å². The molecule has 0 radical (unpaired) electrons. The molecule has 0 spiro atoms. The summed E-state index contributed by atoms with van der Waals surface area (Å²) in [7, 11) is 0. The van der Waals surface area contributed by atoms with Gasteiger partial charge in [0.2, 0.25) is 0 Å². The summed E-state index contributed by atoms with van der Waals surface area (Å²) in [4.78, 5) is 0. The maximum absolute atomic E-state index is 13.0. The van der Waals surface area contributed by atoms with E-state index in [1.165, 1.54) is 6.07 Å². The molecule has 0 aliphatic heterocycles. The number of hydrazine groups is 1. The van der Waals surface area contributed by atoms with E-state index >= 15 is 0 Å². The molecule has 3 N–H and O–H groups in total. The molecule has 16 heavy (non-hydrogen) atoms. The van der Waals surface area contributed by atoms with E-state index in [-0.39, 0.29) is 11.9 Å². The number of hydrogen-bond acceptors (Lipinski definition) is 2. The zero-order valence-electron chi connectivity index (χ0n) is 9.63. The Morgan fingerprint density at radius 3 is 2.62 bits per heavy atom. The highest BCUT2D eigenvalue weighted by atomic mass is 79.9. The molecule has 0 amide bonds. The van der Waals surface area contributed by atoms with Crippen LogP contribution in [0.4, 0.5) is 4.39 Å². The van der Waals surface area contributed by atoms with Crippen LogP contribution in [-0.2, 0) is 6.42 Å². The van der Waals surface area contributed by atoms with Crippen LogP contribution in [0.5, 0.6) is 0 Å². The van der Waals surface area contributed by atoms with Crippen LogP contribution in [-0.4, -0.2) is 6.04 Å². The molecule has 0 aliphatic rings. The van der Waals surface area contributed by atoms with Crippen LogP contribution < -0.4 is 11.3 Å². The SMILES string of the molecule is CC(C)CC(Cc1ccc(F)c(Br)c1)NN. The van der Waals surface area contributed by atoms with Crippen molar-refractivity contribution < 1.29 is 4.39 Å². The molecular weight excluding hydrogens is 271 g/mol. The van der Waals surface area contributed by atoms with E-state index in [0.29, 0.717) is 10.4 Å². The zero-order chi connectivity index (χ0) is 12.1. The van der Waals surface area contributed by atoms with Gasteiger partial charge in [0, 0.05) is 6.04 Å². The second kappa shape index (κ2) is 6.33. The largest absolute Gasteiger partial charge is 0.271 e. The Morgan fingerprint density at radius 1 is 1.44 bits per heavy atom. The van der Waals surface area contributed by atoms with Crippen LogP contribution in [0.25, 0.3) is 0 Å². The molecule has 0 aromatic heterocycles. The molecule has 0 heterocycles. The summed E-state index contributed by atoms with van der Waals surface area (Å²) in [6, 6.07) is 5.31. The lowest BCUT2D eigenvalue weighted by Gasteiger charge is -2.18. The fourth-order valence-corrected chi connectivity index (χ4v) is 2.16. The molecule has 1 atom stereocenters. The van der Waals surface area contributed by atoms with Crippen molar-refractivity contribution in [2.45, 2.75) is 32.7 Å². The summed E-state index contributed by atoms with van der Waals surface area (Å²) in [6.45, 7) is 4.32. The number of nitrogens with two attached hydrogens (primary N) is 1. The first-order chi connectivity index (χ1) is 7.52. The van der Waals surface area contributed by atoms with E-state index in [0.717, 1.165) is 18.4 Å². The fourth-order valence-electron chi connectivity index (χ4n) is 1.73. The van der Waals surface area contributed by atoms with Gasteiger partial charge in [-0.2, -0.15) is 0 Å². The lowest BCUT2D eigenvalue weighted by Crippen LogP contribution is -2.37. The molecule has 0 saturated heterocycles. The van der Waals surface area contributed by atoms with Gasteiger partial charge in [0.1, 0.15) is 5.82 Å². The van der Waals surface area contributed by atoms with E-state index < -0.39 is 0 Å². The molecule has 1 aromatic carbocycles. The Hall–Kier alpha value is -0.450. The Bertz CT molecular complexity index is 342. The Kier molecular flexibility index (Phi) is 5.38. The van der Waals surface area contributed by atoms with E-state index in [1.54, 1.807) is 12.1 Å². The predicted octanol–water partition coefficient (Wildman–Crippen LogP) is 3.01. The zero-order valence-corrected chi connectivity index (χ0v) is 11.2. The molecule has 0 bridgehead atoms. The van der Waals surface area contributed by atoms with Crippen molar-refractivity contribution in [1.82, 2.24) is 5.43 Å². The number of benzene rings is 1. The minimum absolute atomic E-state index is 0.232. The van der Waals surface area contributed by atoms with Gasteiger partial charge in [-0.15, -0.1) is 0 Å². The number of nitrogens with one attached hydrogen (secondary N) is 1. The van der Waals surface area contributed by atoms with Crippen molar-refractivity contribution in [2.24, 2.45) is 11.8 Å². The fraction of sp³-hybridized carbons (Fsp3) is 0.500.